The molecule has 1 saturated heterocycles. The molecule has 0 N–H and O–H groups in total. The van der Waals surface area contributed by atoms with Crippen LogP contribution in [0.4, 0.5) is 10.5 Å². The van der Waals surface area contributed by atoms with Crippen LogP contribution in [0.1, 0.15) is 94.4 Å². The van der Waals surface area contributed by atoms with Gasteiger partial charge in [-0.05, 0) is 90.0 Å². The molecule has 1 aromatic rings. The van der Waals surface area contributed by atoms with Crippen LogP contribution in [0.5, 0.6) is 5.75 Å². The standard InChI is InChI=1S/C47H73NO14/c1-10-40(57-29-26-54-12-3)36(8)45-41(60-45)31-33(5)15-14-16-34(6)44-35(7)17-22-42(61-46(50)59-38-20-18-37(19-21-38)48(51)52)47(9,58-30-27-55-13-4)24-23-39(32-43(49)62-44)56-28-25-53-11-2/h14-22,33,35-36,39-42,44-45H,10-13,23-32H2,1-9H3/b15-14+,22-17+,34-16+. The highest BCUT2D eigenvalue weighted by atomic mass is 16.7. The number of benzene rings is 1. The number of nitrogens with zero attached hydrogens (tertiary/aromatic N) is 1. The molecule has 62 heavy (non-hydrogen) atoms. The molecule has 1 aromatic carbocycles. The number of cyclic esters (lactones) is 1. The quantitative estimate of drug-likeness (QED) is 0.0126. The van der Waals surface area contributed by atoms with Crippen molar-refractivity contribution in [3.63, 3.8) is 0 Å². The Morgan fingerprint density at radius 1 is 0.968 bits per heavy atom. The minimum absolute atomic E-state index is 0.0145. The Balaban J connectivity index is 1.84. The van der Waals surface area contributed by atoms with Gasteiger partial charge in [-0.3, -0.25) is 14.9 Å². The molecule has 10 unspecified atom stereocenters. The molecule has 1 fully saturated rings. The summed E-state index contributed by atoms with van der Waals surface area (Å²) in [4.78, 5) is 37.6. The maximum atomic E-state index is 13.7. The van der Waals surface area contributed by atoms with E-state index in [-0.39, 0.29) is 67.1 Å². The van der Waals surface area contributed by atoms with E-state index in [9.17, 15) is 19.7 Å². The SMILES string of the molecule is CCOCCOC1CCC(C)(OCCOCC)C(OC(=O)Oc2ccc([N+](=O)[O-])cc2)/C=C/C(C)C(/C(C)=C/C=C/C(C)CC2OC2C(C)C(CC)OCCOCC)OC(=O)C1. The van der Waals surface area contributed by atoms with Crippen molar-refractivity contribution in [1.82, 2.24) is 0 Å². The van der Waals surface area contributed by atoms with Crippen molar-refractivity contribution in [2.24, 2.45) is 17.8 Å². The Morgan fingerprint density at radius 2 is 1.63 bits per heavy atom. The lowest BCUT2D eigenvalue weighted by molar-refractivity contribution is -0.384. The van der Waals surface area contributed by atoms with Gasteiger partial charge in [-0.1, -0.05) is 52.0 Å². The van der Waals surface area contributed by atoms with E-state index in [1.54, 1.807) is 6.08 Å². The predicted octanol–water partition coefficient (Wildman–Crippen LogP) is 8.76. The van der Waals surface area contributed by atoms with Crippen LogP contribution in [0.15, 0.2) is 60.2 Å². The van der Waals surface area contributed by atoms with Crippen LogP contribution in [-0.2, 0) is 47.4 Å². The van der Waals surface area contributed by atoms with E-state index in [4.69, 9.17) is 47.4 Å². The third-order valence-corrected chi connectivity index (χ3v) is 11.1. The van der Waals surface area contributed by atoms with Gasteiger partial charge in [0.1, 0.15) is 17.5 Å². The summed E-state index contributed by atoms with van der Waals surface area (Å²) in [6.45, 7) is 21.9. The summed E-state index contributed by atoms with van der Waals surface area (Å²) in [5.41, 5.74) is -0.450. The van der Waals surface area contributed by atoms with E-state index >= 15 is 0 Å². The molecule has 2 aliphatic rings. The van der Waals surface area contributed by atoms with Crippen LogP contribution in [0, 0.1) is 27.9 Å². The van der Waals surface area contributed by atoms with Gasteiger partial charge in [0, 0.05) is 43.8 Å². The van der Waals surface area contributed by atoms with Crippen LogP contribution >= 0.6 is 0 Å². The second-order valence-electron chi connectivity index (χ2n) is 16.1. The van der Waals surface area contributed by atoms with Crippen LogP contribution in [-0.4, -0.2) is 119 Å². The molecule has 2 heterocycles. The Morgan fingerprint density at radius 3 is 2.27 bits per heavy atom. The molecule has 0 aromatic heterocycles. The Labute approximate surface area is 368 Å². The highest BCUT2D eigenvalue weighted by Gasteiger charge is 2.45. The van der Waals surface area contributed by atoms with Gasteiger partial charge in [0.15, 0.2) is 6.10 Å². The molecule has 0 amide bonds. The van der Waals surface area contributed by atoms with Crippen molar-refractivity contribution in [3.05, 3.63) is 70.3 Å². The number of esters is 1. The zero-order valence-corrected chi connectivity index (χ0v) is 38.5. The molecule has 2 aliphatic heterocycles. The fourth-order valence-electron chi connectivity index (χ4n) is 7.48. The molecule has 350 valence electrons. The number of nitro benzene ring substituents is 1. The first kappa shape index (κ1) is 52.6. The first-order chi connectivity index (χ1) is 29.7. The van der Waals surface area contributed by atoms with Gasteiger partial charge in [-0.25, -0.2) is 4.79 Å². The summed E-state index contributed by atoms with van der Waals surface area (Å²) < 4.78 is 59.0. The molecule has 10 atom stereocenters. The fourth-order valence-corrected chi connectivity index (χ4v) is 7.48. The Hall–Kier alpha value is -3.70. The maximum Gasteiger partial charge on any atom is 0.514 e. The van der Waals surface area contributed by atoms with Crippen molar-refractivity contribution in [2.75, 3.05) is 59.5 Å². The number of hydrogen-bond acceptors (Lipinski definition) is 14. The second kappa shape index (κ2) is 28.2. The summed E-state index contributed by atoms with van der Waals surface area (Å²) in [6.07, 6.45) is 9.33. The van der Waals surface area contributed by atoms with Gasteiger partial charge >= 0.3 is 12.1 Å². The van der Waals surface area contributed by atoms with Gasteiger partial charge in [0.25, 0.3) is 5.69 Å². The number of nitro groups is 1. The Bertz CT molecular complexity index is 1570. The lowest BCUT2D eigenvalue weighted by Gasteiger charge is -2.37. The van der Waals surface area contributed by atoms with Gasteiger partial charge in [0.05, 0.1) is 75.4 Å². The third kappa shape index (κ3) is 18.6. The zero-order chi connectivity index (χ0) is 45.5. The topological polar surface area (TPSA) is 173 Å². The van der Waals surface area contributed by atoms with E-state index < -0.39 is 41.0 Å². The van der Waals surface area contributed by atoms with Crippen molar-refractivity contribution < 1.29 is 61.9 Å². The number of hydrogen-bond donors (Lipinski definition) is 0. The molecule has 0 spiro atoms. The van der Waals surface area contributed by atoms with Crippen LogP contribution < -0.4 is 4.74 Å². The average molecular weight is 876 g/mol. The number of ether oxygens (including phenoxy) is 10. The largest absolute Gasteiger partial charge is 0.514 e. The smallest absolute Gasteiger partial charge is 0.457 e. The minimum atomic E-state index is -1.12. The Kier molecular flexibility index (Phi) is 23.9. The molecule has 3 rings (SSSR count). The number of allylic oxidation sites excluding steroid dienone is 3. The molecule has 15 nitrogen and oxygen atoms in total. The van der Waals surface area contributed by atoms with Gasteiger partial charge in [-0.15, -0.1) is 0 Å². The average Bonchev–Trinajstić information content (AvgIpc) is 4.01. The highest BCUT2D eigenvalue weighted by Crippen LogP contribution is 2.37. The van der Waals surface area contributed by atoms with Crippen molar-refractivity contribution in [1.29, 1.82) is 0 Å². The monoisotopic (exact) mass is 876 g/mol. The van der Waals surface area contributed by atoms with E-state index in [0.29, 0.717) is 59.1 Å². The third-order valence-electron chi connectivity index (χ3n) is 11.1. The second-order valence-corrected chi connectivity index (χ2v) is 16.1. The highest BCUT2D eigenvalue weighted by molar-refractivity contribution is 5.70. The van der Waals surface area contributed by atoms with Crippen molar-refractivity contribution in [3.8, 4) is 5.75 Å². The van der Waals surface area contributed by atoms with E-state index in [2.05, 4.69) is 26.8 Å². The number of rotatable bonds is 26. The van der Waals surface area contributed by atoms with E-state index in [1.807, 2.05) is 59.8 Å². The summed E-state index contributed by atoms with van der Waals surface area (Å²) >= 11 is 0. The molecular formula is C47H73NO14. The van der Waals surface area contributed by atoms with Crippen LogP contribution in [0.3, 0.4) is 0 Å². The summed E-state index contributed by atoms with van der Waals surface area (Å²) in [5.74, 6) is -0.193. The number of carbonyl (C=O) groups excluding carboxylic acids is 2. The molecule has 0 radical (unpaired) electrons. The predicted molar refractivity (Wildman–Crippen MR) is 234 cm³/mol. The first-order valence-corrected chi connectivity index (χ1v) is 22.4. The molecule has 0 saturated carbocycles. The van der Waals surface area contributed by atoms with E-state index in [0.717, 1.165) is 18.4 Å². The number of carbonyl (C=O) groups is 2. The number of non-ortho nitro benzene ring substituents is 1. The van der Waals surface area contributed by atoms with Crippen molar-refractivity contribution >= 4 is 17.8 Å². The first-order valence-electron chi connectivity index (χ1n) is 22.4. The molecule has 0 aliphatic carbocycles. The molecular weight excluding hydrogens is 803 g/mol. The lowest BCUT2D eigenvalue weighted by atomic mass is 9.88. The fraction of sp³-hybridized carbons (Fsp3) is 0.702. The zero-order valence-electron chi connectivity index (χ0n) is 38.5. The minimum Gasteiger partial charge on any atom is -0.457 e. The molecule has 15 heteroatoms. The van der Waals surface area contributed by atoms with Crippen LogP contribution in [0.25, 0.3) is 0 Å². The van der Waals surface area contributed by atoms with Gasteiger partial charge in [-0.2, -0.15) is 0 Å². The number of epoxide rings is 1. The summed E-state index contributed by atoms with van der Waals surface area (Å²) in [7, 11) is 0. The van der Waals surface area contributed by atoms with Gasteiger partial charge in [0.2, 0.25) is 0 Å². The lowest BCUT2D eigenvalue weighted by Crippen LogP contribution is -2.46. The summed E-state index contributed by atoms with van der Waals surface area (Å²) in [5, 5.41) is 11.2. The normalized spacial score (nSPS) is 26.7. The summed E-state index contributed by atoms with van der Waals surface area (Å²) in [6, 6.07) is 5.13. The van der Waals surface area contributed by atoms with Gasteiger partial charge < -0.3 is 47.4 Å². The van der Waals surface area contributed by atoms with E-state index in [1.165, 1.54) is 24.3 Å². The van der Waals surface area contributed by atoms with Crippen molar-refractivity contribution in [2.45, 2.75) is 137 Å². The molecule has 0 bridgehead atoms. The van der Waals surface area contributed by atoms with Crippen LogP contribution in [0.2, 0.25) is 0 Å². The maximum absolute atomic E-state index is 13.7.